The Morgan fingerprint density at radius 2 is 1.72 bits per heavy atom. The standard InChI is InChI=1S/C25H26O7/c1-12(2)5-6-16-18(27)10-19(28)23-20(29)11-22(32-25(16)23)14-7-15(9-17(26)13(3)4)24(31)21(30)8-14/h5,7-8,10-11,17,26-28,30-31H,3,6,9H2,1-2,4H3/t17-/m0/s1. The molecule has 0 bridgehead atoms. The van der Waals surface area contributed by atoms with Crippen molar-refractivity contribution in [3.05, 3.63) is 69.4 Å². The predicted octanol–water partition coefficient (Wildman–Crippen LogP) is 4.27. The van der Waals surface area contributed by atoms with Gasteiger partial charge in [-0.05, 0) is 39.3 Å². The summed E-state index contributed by atoms with van der Waals surface area (Å²) < 4.78 is 5.93. The Labute approximate surface area is 184 Å². The van der Waals surface area contributed by atoms with Crippen LogP contribution < -0.4 is 5.43 Å². The maximum absolute atomic E-state index is 12.8. The summed E-state index contributed by atoms with van der Waals surface area (Å²) in [5, 5.41) is 51.1. The number of phenols is 4. The maximum Gasteiger partial charge on any atom is 0.197 e. The third-order valence-electron chi connectivity index (χ3n) is 5.21. The van der Waals surface area contributed by atoms with Crippen LogP contribution in [0.15, 0.2) is 57.3 Å². The zero-order valence-electron chi connectivity index (χ0n) is 18.1. The number of aromatic hydroxyl groups is 4. The lowest BCUT2D eigenvalue weighted by Crippen LogP contribution is -2.11. The van der Waals surface area contributed by atoms with Gasteiger partial charge in [0.2, 0.25) is 0 Å². The van der Waals surface area contributed by atoms with Gasteiger partial charge in [0.05, 0.1) is 6.10 Å². The molecule has 0 radical (unpaired) electrons. The van der Waals surface area contributed by atoms with E-state index in [1.807, 2.05) is 19.9 Å². The average Bonchev–Trinajstić information content (AvgIpc) is 2.69. The molecule has 168 valence electrons. The van der Waals surface area contributed by atoms with E-state index in [2.05, 4.69) is 6.58 Å². The number of rotatable bonds is 6. The van der Waals surface area contributed by atoms with Crippen molar-refractivity contribution in [3.8, 4) is 34.3 Å². The van der Waals surface area contributed by atoms with E-state index in [1.54, 1.807) is 6.92 Å². The molecule has 0 saturated carbocycles. The van der Waals surface area contributed by atoms with Gasteiger partial charge in [-0.15, -0.1) is 0 Å². The van der Waals surface area contributed by atoms with Crippen molar-refractivity contribution in [3.63, 3.8) is 0 Å². The van der Waals surface area contributed by atoms with Crippen LogP contribution in [0.4, 0.5) is 0 Å². The molecule has 0 aliphatic rings. The molecule has 1 atom stereocenters. The maximum atomic E-state index is 12.8. The third-order valence-corrected chi connectivity index (χ3v) is 5.21. The molecule has 3 aromatic rings. The Balaban J connectivity index is 2.25. The van der Waals surface area contributed by atoms with Crippen LogP contribution in [-0.2, 0) is 12.8 Å². The molecule has 3 rings (SSSR count). The van der Waals surface area contributed by atoms with Crippen LogP contribution in [0, 0.1) is 0 Å². The topological polar surface area (TPSA) is 131 Å². The van der Waals surface area contributed by atoms with E-state index in [4.69, 9.17) is 4.42 Å². The van der Waals surface area contributed by atoms with E-state index in [1.165, 1.54) is 12.1 Å². The van der Waals surface area contributed by atoms with Gasteiger partial charge in [-0.25, -0.2) is 0 Å². The number of fused-ring (bicyclic) bond motifs is 1. The van der Waals surface area contributed by atoms with E-state index in [-0.39, 0.29) is 46.4 Å². The smallest absolute Gasteiger partial charge is 0.197 e. The number of hydrogen-bond acceptors (Lipinski definition) is 7. The molecule has 7 nitrogen and oxygen atoms in total. The van der Waals surface area contributed by atoms with Crippen LogP contribution >= 0.6 is 0 Å². The predicted molar refractivity (Wildman–Crippen MR) is 122 cm³/mol. The highest BCUT2D eigenvalue weighted by atomic mass is 16.3. The van der Waals surface area contributed by atoms with E-state index in [9.17, 15) is 30.3 Å². The monoisotopic (exact) mass is 438 g/mol. The molecule has 2 aromatic carbocycles. The molecule has 1 heterocycles. The molecule has 0 saturated heterocycles. The van der Waals surface area contributed by atoms with E-state index in [0.29, 0.717) is 11.1 Å². The summed E-state index contributed by atoms with van der Waals surface area (Å²) in [6.07, 6.45) is 1.17. The zero-order chi connectivity index (χ0) is 23.7. The third kappa shape index (κ3) is 4.48. The largest absolute Gasteiger partial charge is 0.507 e. The van der Waals surface area contributed by atoms with Gasteiger partial charge in [0.15, 0.2) is 16.9 Å². The minimum absolute atomic E-state index is 0.00617. The van der Waals surface area contributed by atoms with Crippen LogP contribution in [0.3, 0.4) is 0 Å². The van der Waals surface area contributed by atoms with Crippen molar-refractivity contribution >= 4 is 11.0 Å². The number of aliphatic hydroxyl groups excluding tert-OH is 1. The normalized spacial score (nSPS) is 12.0. The van der Waals surface area contributed by atoms with Gasteiger partial charge >= 0.3 is 0 Å². The summed E-state index contributed by atoms with van der Waals surface area (Å²) in [6.45, 7) is 9.10. The van der Waals surface area contributed by atoms with Crippen LogP contribution in [0.1, 0.15) is 31.9 Å². The summed E-state index contributed by atoms with van der Waals surface area (Å²) in [4.78, 5) is 12.8. The summed E-state index contributed by atoms with van der Waals surface area (Å²) in [6, 6.07) is 4.99. The second-order valence-electron chi connectivity index (χ2n) is 8.13. The molecule has 0 amide bonds. The summed E-state index contributed by atoms with van der Waals surface area (Å²) >= 11 is 0. The first kappa shape index (κ1) is 23.0. The van der Waals surface area contributed by atoms with Crippen molar-refractivity contribution in [1.29, 1.82) is 0 Å². The molecule has 0 aliphatic carbocycles. The fourth-order valence-electron chi connectivity index (χ4n) is 3.36. The highest BCUT2D eigenvalue weighted by Gasteiger charge is 2.20. The molecule has 0 spiro atoms. The zero-order valence-corrected chi connectivity index (χ0v) is 18.1. The van der Waals surface area contributed by atoms with Crippen LogP contribution in [0.5, 0.6) is 23.0 Å². The molecule has 1 aromatic heterocycles. The fourth-order valence-corrected chi connectivity index (χ4v) is 3.36. The lowest BCUT2D eigenvalue weighted by atomic mass is 9.98. The van der Waals surface area contributed by atoms with Gasteiger partial charge in [0.1, 0.15) is 28.2 Å². The van der Waals surface area contributed by atoms with Crippen molar-refractivity contribution in [2.45, 2.75) is 39.7 Å². The first-order chi connectivity index (χ1) is 15.0. The Bertz CT molecular complexity index is 1290. The van der Waals surface area contributed by atoms with Crippen molar-refractivity contribution in [1.82, 2.24) is 0 Å². The molecular weight excluding hydrogens is 412 g/mol. The lowest BCUT2D eigenvalue weighted by Gasteiger charge is -2.14. The molecule has 32 heavy (non-hydrogen) atoms. The van der Waals surface area contributed by atoms with Gasteiger partial charge in [-0.3, -0.25) is 4.79 Å². The first-order valence-electron chi connectivity index (χ1n) is 10.0. The number of phenolic OH excluding ortho intramolecular Hbond substituents is 4. The van der Waals surface area contributed by atoms with Crippen LogP contribution in [0.25, 0.3) is 22.3 Å². The number of allylic oxidation sites excluding steroid dienone is 2. The Kier molecular flexibility index (Phi) is 6.32. The quantitative estimate of drug-likeness (QED) is 0.287. The highest BCUT2D eigenvalue weighted by molar-refractivity contribution is 5.89. The summed E-state index contributed by atoms with van der Waals surface area (Å²) in [7, 11) is 0. The molecule has 0 unspecified atom stereocenters. The second kappa shape index (κ2) is 8.80. The SMILES string of the molecule is C=C(C)[C@@H](O)Cc1cc(-c2cc(=O)c3c(O)cc(O)c(CC=C(C)C)c3o2)cc(O)c1O. The van der Waals surface area contributed by atoms with E-state index in [0.717, 1.165) is 17.7 Å². The summed E-state index contributed by atoms with van der Waals surface area (Å²) in [5.74, 6) is -1.40. The highest BCUT2D eigenvalue weighted by Crippen LogP contribution is 2.39. The minimum Gasteiger partial charge on any atom is -0.507 e. The second-order valence-corrected chi connectivity index (χ2v) is 8.13. The van der Waals surface area contributed by atoms with Gasteiger partial charge < -0.3 is 29.9 Å². The minimum atomic E-state index is -0.941. The molecule has 0 fully saturated rings. The molecule has 0 aliphatic heterocycles. The lowest BCUT2D eigenvalue weighted by molar-refractivity contribution is 0.210. The van der Waals surface area contributed by atoms with Crippen LogP contribution in [0.2, 0.25) is 0 Å². The van der Waals surface area contributed by atoms with Crippen molar-refractivity contribution in [2.75, 3.05) is 0 Å². The van der Waals surface area contributed by atoms with Crippen molar-refractivity contribution < 1.29 is 29.9 Å². The van der Waals surface area contributed by atoms with E-state index >= 15 is 0 Å². The van der Waals surface area contributed by atoms with E-state index < -0.39 is 28.8 Å². The van der Waals surface area contributed by atoms with Gasteiger partial charge in [0.25, 0.3) is 0 Å². The number of benzene rings is 2. The van der Waals surface area contributed by atoms with Gasteiger partial charge in [-0.1, -0.05) is 23.8 Å². The van der Waals surface area contributed by atoms with Crippen molar-refractivity contribution in [2.24, 2.45) is 0 Å². The number of hydrogen-bond donors (Lipinski definition) is 5. The summed E-state index contributed by atoms with van der Waals surface area (Å²) in [5.41, 5.74) is 1.82. The first-order valence-corrected chi connectivity index (χ1v) is 10.0. The Morgan fingerprint density at radius 3 is 2.34 bits per heavy atom. The van der Waals surface area contributed by atoms with Gasteiger partial charge in [-0.2, -0.15) is 0 Å². The van der Waals surface area contributed by atoms with Crippen LogP contribution in [-0.4, -0.2) is 31.6 Å². The fraction of sp³-hybridized carbons (Fsp3) is 0.240. The Morgan fingerprint density at radius 1 is 1.03 bits per heavy atom. The molecule has 5 N–H and O–H groups in total. The Hall–Kier alpha value is -3.71. The number of aliphatic hydroxyl groups is 1. The molecular formula is C25H26O7. The van der Waals surface area contributed by atoms with Gasteiger partial charge in [0, 0.05) is 35.2 Å². The average molecular weight is 438 g/mol. The molecule has 7 heteroatoms.